The number of piperazine rings is 1. The molecule has 1 saturated heterocycles. The number of halogens is 1. The summed E-state index contributed by atoms with van der Waals surface area (Å²) in [6.07, 6.45) is 0.249. The van der Waals surface area contributed by atoms with E-state index in [2.05, 4.69) is 10.2 Å². The van der Waals surface area contributed by atoms with E-state index in [1.54, 1.807) is 26.5 Å². The predicted molar refractivity (Wildman–Crippen MR) is 128 cm³/mol. The fourth-order valence-corrected chi connectivity index (χ4v) is 4.17. The summed E-state index contributed by atoms with van der Waals surface area (Å²) in [5.41, 5.74) is 0.918. The van der Waals surface area contributed by atoms with Crippen LogP contribution in [0.1, 0.15) is 23.7 Å². The van der Waals surface area contributed by atoms with Crippen molar-refractivity contribution in [2.45, 2.75) is 19.9 Å². The van der Waals surface area contributed by atoms with Crippen molar-refractivity contribution < 1.29 is 18.7 Å². The highest BCUT2D eigenvalue weighted by Crippen LogP contribution is 2.22. The third-order valence-corrected chi connectivity index (χ3v) is 6.07. The molecule has 178 valence electrons. The van der Waals surface area contributed by atoms with Crippen LogP contribution < -0.4 is 4.74 Å². The maximum absolute atomic E-state index is 13.9. The van der Waals surface area contributed by atoms with E-state index >= 15 is 0 Å². The lowest BCUT2D eigenvalue weighted by atomic mass is 10.1. The molecule has 2 heterocycles. The van der Waals surface area contributed by atoms with Gasteiger partial charge in [-0.15, -0.1) is 0 Å². The van der Waals surface area contributed by atoms with Crippen molar-refractivity contribution in [2.75, 3.05) is 32.8 Å². The summed E-state index contributed by atoms with van der Waals surface area (Å²) in [7, 11) is 0. The van der Waals surface area contributed by atoms with Crippen LogP contribution in [0.25, 0.3) is 11.4 Å². The molecule has 10 heteroatoms. The quantitative estimate of drug-likeness (QED) is 0.520. The predicted octanol–water partition coefficient (Wildman–Crippen LogP) is 3.52. The van der Waals surface area contributed by atoms with Crippen molar-refractivity contribution in [3.63, 3.8) is 0 Å². The molecule has 0 bridgehead atoms. The molecule has 2 aromatic carbocycles. The van der Waals surface area contributed by atoms with Gasteiger partial charge in [-0.05, 0) is 55.5 Å². The number of hydrogen-bond acceptors (Lipinski definition) is 5. The Morgan fingerprint density at radius 2 is 1.74 bits per heavy atom. The van der Waals surface area contributed by atoms with E-state index in [1.165, 1.54) is 12.1 Å². The third kappa shape index (κ3) is 5.17. The molecule has 4 rings (SSSR count). The molecule has 0 aliphatic carbocycles. The first-order valence-electron chi connectivity index (χ1n) is 11.2. The number of nitrogens with one attached hydrogen (secondary N) is 1. The number of aromatic nitrogens is 3. The maximum atomic E-state index is 13.9. The van der Waals surface area contributed by atoms with Gasteiger partial charge in [0.25, 0.3) is 5.91 Å². The lowest BCUT2D eigenvalue weighted by Crippen LogP contribution is -2.50. The van der Waals surface area contributed by atoms with Gasteiger partial charge in [0.05, 0.1) is 12.2 Å². The van der Waals surface area contributed by atoms with Crippen molar-refractivity contribution in [2.24, 2.45) is 0 Å². The zero-order chi connectivity index (χ0) is 24.1. The highest BCUT2D eigenvalue weighted by molar-refractivity contribution is 7.71. The Kier molecular flexibility index (Phi) is 7.36. The molecule has 34 heavy (non-hydrogen) atoms. The molecule has 0 radical (unpaired) electrons. The summed E-state index contributed by atoms with van der Waals surface area (Å²) in [5.74, 6) is 0.510. The number of carbonyl (C=O) groups excluding carboxylic acids is 2. The lowest BCUT2D eigenvalue weighted by Gasteiger charge is -2.35. The van der Waals surface area contributed by atoms with Gasteiger partial charge in [0.1, 0.15) is 11.6 Å². The number of amides is 2. The van der Waals surface area contributed by atoms with Crippen molar-refractivity contribution in [3.05, 3.63) is 64.7 Å². The molecular weight excluding hydrogens is 457 g/mol. The van der Waals surface area contributed by atoms with Crippen molar-refractivity contribution in [3.8, 4) is 17.1 Å². The molecule has 8 nitrogen and oxygen atoms in total. The summed E-state index contributed by atoms with van der Waals surface area (Å²) in [4.78, 5) is 28.7. The Morgan fingerprint density at radius 1 is 1.06 bits per heavy atom. The minimum atomic E-state index is -0.536. The first-order chi connectivity index (χ1) is 16.5. The minimum absolute atomic E-state index is 0.0289. The van der Waals surface area contributed by atoms with E-state index in [1.807, 2.05) is 31.2 Å². The molecule has 2 amide bonds. The van der Waals surface area contributed by atoms with Gasteiger partial charge in [-0.2, -0.15) is 5.10 Å². The van der Waals surface area contributed by atoms with Gasteiger partial charge in [-0.25, -0.2) is 4.39 Å². The highest BCUT2D eigenvalue weighted by atomic mass is 32.1. The number of ether oxygens (including phenoxy) is 1. The molecule has 1 aromatic heterocycles. The normalized spacial score (nSPS) is 13.7. The van der Waals surface area contributed by atoms with Crippen LogP contribution >= 0.6 is 12.2 Å². The van der Waals surface area contributed by atoms with Crippen LogP contribution in [0.4, 0.5) is 4.39 Å². The van der Waals surface area contributed by atoms with Crippen LogP contribution in [0.3, 0.4) is 0 Å². The molecule has 0 unspecified atom stereocenters. The van der Waals surface area contributed by atoms with E-state index in [0.717, 1.165) is 11.3 Å². The van der Waals surface area contributed by atoms with Gasteiger partial charge in [0.15, 0.2) is 10.6 Å². The molecule has 3 aromatic rings. The van der Waals surface area contributed by atoms with Crippen molar-refractivity contribution in [1.29, 1.82) is 0 Å². The van der Waals surface area contributed by atoms with Crippen molar-refractivity contribution >= 4 is 24.0 Å². The summed E-state index contributed by atoms with van der Waals surface area (Å²) in [6, 6.07) is 13.5. The summed E-state index contributed by atoms with van der Waals surface area (Å²) in [6.45, 7) is 4.43. The molecular formula is C24H26FN5O3S. The first-order valence-corrected chi connectivity index (χ1v) is 11.6. The Morgan fingerprint density at radius 3 is 2.41 bits per heavy atom. The number of nitrogens with zero attached hydrogens (tertiary/aromatic N) is 4. The SMILES string of the molecule is CCOc1ccc(-c2n[nH]c(=S)n2CCC(=O)N2CCN(C(=O)c3ccccc3F)CC2)cc1. The van der Waals surface area contributed by atoms with Crippen LogP contribution in [0.5, 0.6) is 5.75 Å². The summed E-state index contributed by atoms with van der Waals surface area (Å²) < 4.78 is 21.7. The van der Waals surface area contributed by atoms with E-state index in [0.29, 0.717) is 49.9 Å². The smallest absolute Gasteiger partial charge is 0.256 e. The molecule has 1 N–H and O–H groups in total. The van der Waals surface area contributed by atoms with E-state index < -0.39 is 5.82 Å². The fourth-order valence-electron chi connectivity index (χ4n) is 3.94. The van der Waals surface area contributed by atoms with Gasteiger partial charge in [0, 0.05) is 44.7 Å². The van der Waals surface area contributed by atoms with Crippen LogP contribution in [0, 0.1) is 10.6 Å². The highest BCUT2D eigenvalue weighted by Gasteiger charge is 2.26. The number of H-pyrrole nitrogens is 1. The third-order valence-electron chi connectivity index (χ3n) is 5.75. The van der Waals surface area contributed by atoms with E-state index in [9.17, 15) is 14.0 Å². The van der Waals surface area contributed by atoms with Crippen LogP contribution in [0.2, 0.25) is 0 Å². The Labute approximate surface area is 201 Å². The Bertz CT molecular complexity index is 1220. The Balaban J connectivity index is 1.34. The molecule has 0 atom stereocenters. The minimum Gasteiger partial charge on any atom is -0.494 e. The number of rotatable bonds is 7. The number of aromatic amines is 1. The van der Waals surface area contributed by atoms with Gasteiger partial charge in [-0.1, -0.05) is 12.1 Å². The van der Waals surface area contributed by atoms with E-state index in [-0.39, 0.29) is 23.8 Å². The maximum Gasteiger partial charge on any atom is 0.256 e. The summed E-state index contributed by atoms with van der Waals surface area (Å²) >= 11 is 5.37. The monoisotopic (exact) mass is 483 g/mol. The van der Waals surface area contributed by atoms with Gasteiger partial charge >= 0.3 is 0 Å². The van der Waals surface area contributed by atoms with Crippen LogP contribution in [0.15, 0.2) is 48.5 Å². The van der Waals surface area contributed by atoms with Gasteiger partial charge < -0.3 is 14.5 Å². The van der Waals surface area contributed by atoms with Gasteiger partial charge in [-0.3, -0.25) is 19.3 Å². The fraction of sp³-hybridized carbons (Fsp3) is 0.333. The standard InChI is InChI=1S/C24H26FN5O3S/c1-2-33-18-9-7-17(8-10-18)22-26-27-24(34)30(22)12-11-21(31)28-13-15-29(16-14-28)23(32)19-5-3-4-6-20(19)25/h3-10H,2,11-16H2,1H3,(H,27,34). The average Bonchev–Trinajstić information content (AvgIpc) is 3.23. The second kappa shape index (κ2) is 10.6. The second-order valence-electron chi connectivity index (χ2n) is 7.86. The first kappa shape index (κ1) is 23.6. The zero-order valence-corrected chi connectivity index (χ0v) is 19.7. The largest absolute Gasteiger partial charge is 0.494 e. The molecule has 1 aliphatic heterocycles. The van der Waals surface area contributed by atoms with Crippen LogP contribution in [-0.2, 0) is 11.3 Å². The second-order valence-corrected chi connectivity index (χ2v) is 8.25. The Hall–Kier alpha value is -3.53. The van der Waals surface area contributed by atoms with Crippen molar-refractivity contribution in [1.82, 2.24) is 24.6 Å². The summed E-state index contributed by atoms with van der Waals surface area (Å²) in [5, 5.41) is 7.12. The topological polar surface area (TPSA) is 83.5 Å². The number of carbonyl (C=O) groups is 2. The lowest BCUT2D eigenvalue weighted by molar-refractivity contribution is -0.132. The molecule has 1 fully saturated rings. The zero-order valence-electron chi connectivity index (χ0n) is 18.9. The van der Waals surface area contributed by atoms with Gasteiger partial charge in [0.2, 0.25) is 5.91 Å². The number of benzene rings is 2. The average molecular weight is 484 g/mol. The molecule has 1 aliphatic rings. The molecule has 0 saturated carbocycles. The molecule has 0 spiro atoms. The number of hydrogen-bond donors (Lipinski definition) is 1. The van der Waals surface area contributed by atoms with E-state index in [4.69, 9.17) is 17.0 Å². The van der Waals surface area contributed by atoms with Crippen LogP contribution in [-0.4, -0.2) is 69.2 Å².